The van der Waals surface area contributed by atoms with Crippen LogP contribution in [0.3, 0.4) is 0 Å². The molecule has 0 aliphatic heterocycles. The Bertz CT molecular complexity index is 1530. The van der Waals surface area contributed by atoms with Gasteiger partial charge in [0.05, 0.1) is 4.90 Å². The van der Waals surface area contributed by atoms with Gasteiger partial charge in [-0.1, -0.05) is 60.2 Å². The number of carbonyl (C=O) groups is 1. The van der Waals surface area contributed by atoms with Gasteiger partial charge in [0.1, 0.15) is 0 Å². The maximum Gasteiger partial charge on any atom is 0.412 e. The molecule has 1 atom stereocenters. The monoisotopic (exact) mass is 557 g/mol. The number of amides is 1. The van der Waals surface area contributed by atoms with Crippen LogP contribution >= 0.6 is 0 Å². The number of anilines is 3. The first-order valence-electron chi connectivity index (χ1n) is 13.3. The van der Waals surface area contributed by atoms with Crippen LogP contribution in [0.1, 0.15) is 42.2 Å². The van der Waals surface area contributed by atoms with Crippen molar-refractivity contribution in [3.63, 3.8) is 0 Å². The molecule has 2 N–H and O–H groups in total. The van der Waals surface area contributed by atoms with Gasteiger partial charge in [0.2, 0.25) is 0 Å². The van der Waals surface area contributed by atoms with E-state index in [1.807, 2.05) is 62.4 Å². The molecule has 8 heteroatoms. The number of carbonyl (C=O) groups excluding carboxylic acids is 1. The zero-order valence-corrected chi connectivity index (χ0v) is 24.0. The summed E-state index contributed by atoms with van der Waals surface area (Å²) in [4.78, 5) is 15.5. The van der Waals surface area contributed by atoms with Crippen LogP contribution in [-0.4, -0.2) is 27.6 Å². The van der Waals surface area contributed by atoms with Crippen molar-refractivity contribution in [2.45, 2.75) is 38.7 Å². The molecule has 0 aliphatic carbocycles. The summed E-state index contributed by atoms with van der Waals surface area (Å²) in [6.07, 6.45) is -1.28. The molecule has 0 spiro atoms. The van der Waals surface area contributed by atoms with E-state index >= 15 is 0 Å². The van der Waals surface area contributed by atoms with Crippen molar-refractivity contribution in [3.8, 4) is 0 Å². The zero-order chi connectivity index (χ0) is 28.7. The summed E-state index contributed by atoms with van der Waals surface area (Å²) in [6, 6.07) is 28.8. The molecule has 4 aromatic carbocycles. The van der Waals surface area contributed by atoms with Crippen LogP contribution < -0.4 is 14.9 Å². The molecule has 1 unspecified atom stereocenters. The average molecular weight is 558 g/mol. The van der Waals surface area contributed by atoms with E-state index in [2.05, 4.69) is 28.8 Å². The van der Waals surface area contributed by atoms with Crippen LogP contribution in [0.4, 0.5) is 21.9 Å². The van der Waals surface area contributed by atoms with Crippen molar-refractivity contribution in [2.24, 2.45) is 0 Å². The van der Waals surface area contributed by atoms with Crippen LogP contribution in [-0.2, 0) is 14.8 Å². The van der Waals surface area contributed by atoms with Crippen LogP contribution in [0.15, 0.2) is 102 Å². The molecule has 0 heterocycles. The highest BCUT2D eigenvalue weighted by Gasteiger charge is 2.21. The van der Waals surface area contributed by atoms with Gasteiger partial charge in [-0.25, -0.2) is 13.2 Å². The molecule has 4 aromatic rings. The minimum absolute atomic E-state index is 0.185. The normalized spacial score (nSPS) is 11.9. The maximum absolute atomic E-state index is 13.1. The summed E-state index contributed by atoms with van der Waals surface area (Å²) in [5.41, 5.74) is 5.58. The fourth-order valence-corrected chi connectivity index (χ4v) is 5.49. The highest BCUT2D eigenvalue weighted by atomic mass is 32.2. The van der Waals surface area contributed by atoms with E-state index < -0.39 is 22.2 Å². The lowest BCUT2D eigenvalue weighted by Crippen LogP contribution is -2.22. The van der Waals surface area contributed by atoms with Gasteiger partial charge in [0.15, 0.2) is 6.10 Å². The van der Waals surface area contributed by atoms with Gasteiger partial charge in [-0.3, -0.25) is 10.0 Å². The first kappa shape index (κ1) is 28.7. The molecular formula is C32H35N3O4S. The van der Waals surface area contributed by atoms with Crippen molar-refractivity contribution in [1.29, 1.82) is 0 Å². The second kappa shape index (κ2) is 12.7. The molecule has 0 bridgehead atoms. The number of benzene rings is 4. The van der Waals surface area contributed by atoms with E-state index in [1.165, 1.54) is 0 Å². The molecule has 0 aliphatic rings. The third-order valence-electron chi connectivity index (χ3n) is 6.70. The number of nitrogens with zero attached hydrogens (tertiary/aromatic N) is 1. The van der Waals surface area contributed by atoms with E-state index in [0.717, 1.165) is 35.5 Å². The largest absolute Gasteiger partial charge is 0.436 e. The summed E-state index contributed by atoms with van der Waals surface area (Å²) in [5, 5.41) is 2.88. The lowest BCUT2D eigenvalue weighted by Gasteiger charge is -2.23. The quantitative estimate of drug-likeness (QED) is 0.214. The van der Waals surface area contributed by atoms with Crippen LogP contribution in [0.25, 0.3) is 0 Å². The Morgan fingerprint density at radius 2 is 1.45 bits per heavy atom. The van der Waals surface area contributed by atoms with Crippen LogP contribution in [0, 0.1) is 13.8 Å². The zero-order valence-electron chi connectivity index (χ0n) is 23.2. The van der Waals surface area contributed by atoms with E-state index in [-0.39, 0.29) is 4.90 Å². The standard InChI is InChI=1S/C32H35N3O4S/c1-5-35(6-2)28-18-21-30(24(4)22-28)33-32(36)39-31(25-10-8-7-9-11-25)26-14-16-27(17-15-26)34-40(37,38)29-19-12-23(3)13-20-29/h7-22,31,34H,5-6H2,1-4H3,(H,33,36). The van der Waals surface area contributed by atoms with E-state index in [4.69, 9.17) is 4.74 Å². The van der Waals surface area contributed by atoms with Crippen molar-refractivity contribution in [3.05, 3.63) is 119 Å². The van der Waals surface area contributed by atoms with E-state index in [1.54, 1.807) is 48.5 Å². The topological polar surface area (TPSA) is 87.7 Å². The summed E-state index contributed by atoms with van der Waals surface area (Å²) in [6.45, 7) is 9.87. The van der Waals surface area contributed by atoms with Crippen molar-refractivity contribution in [1.82, 2.24) is 0 Å². The second-order valence-electron chi connectivity index (χ2n) is 9.53. The minimum Gasteiger partial charge on any atom is -0.436 e. The fraction of sp³-hybridized carbons (Fsp3) is 0.219. The molecule has 208 valence electrons. The van der Waals surface area contributed by atoms with Gasteiger partial charge in [0.25, 0.3) is 10.0 Å². The predicted molar refractivity (Wildman–Crippen MR) is 162 cm³/mol. The number of rotatable bonds is 10. The Morgan fingerprint density at radius 3 is 2.05 bits per heavy atom. The number of nitrogens with one attached hydrogen (secondary N) is 2. The van der Waals surface area contributed by atoms with Gasteiger partial charge >= 0.3 is 6.09 Å². The molecule has 0 radical (unpaired) electrons. The summed E-state index contributed by atoms with van der Waals surface area (Å²) in [7, 11) is -3.73. The highest BCUT2D eigenvalue weighted by Crippen LogP contribution is 2.29. The fourth-order valence-electron chi connectivity index (χ4n) is 4.43. The summed E-state index contributed by atoms with van der Waals surface area (Å²) >= 11 is 0. The van der Waals surface area contributed by atoms with Gasteiger partial charge in [-0.2, -0.15) is 0 Å². The number of aryl methyl sites for hydroxylation is 2. The summed E-state index contributed by atoms with van der Waals surface area (Å²) in [5.74, 6) is 0. The first-order chi connectivity index (χ1) is 19.2. The molecule has 40 heavy (non-hydrogen) atoms. The smallest absolute Gasteiger partial charge is 0.412 e. The van der Waals surface area contributed by atoms with Crippen LogP contribution in [0.2, 0.25) is 0 Å². The minimum atomic E-state index is -3.73. The number of ether oxygens (including phenoxy) is 1. The summed E-state index contributed by atoms with van der Waals surface area (Å²) < 4.78 is 34.1. The highest BCUT2D eigenvalue weighted by molar-refractivity contribution is 7.92. The Morgan fingerprint density at radius 1 is 0.825 bits per heavy atom. The van der Waals surface area contributed by atoms with Gasteiger partial charge < -0.3 is 9.64 Å². The molecule has 0 fully saturated rings. The Labute approximate surface area is 236 Å². The average Bonchev–Trinajstić information content (AvgIpc) is 2.95. The lowest BCUT2D eigenvalue weighted by atomic mass is 10.0. The molecule has 4 rings (SSSR count). The van der Waals surface area contributed by atoms with Crippen LogP contribution in [0.5, 0.6) is 0 Å². The van der Waals surface area contributed by atoms with E-state index in [0.29, 0.717) is 16.9 Å². The molecule has 0 saturated carbocycles. The third-order valence-corrected chi connectivity index (χ3v) is 8.10. The van der Waals surface area contributed by atoms with Gasteiger partial charge in [-0.15, -0.1) is 0 Å². The Hall–Kier alpha value is -4.30. The van der Waals surface area contributed by atoms with E-state index in [9.17, 15) is 13.2 Å². The molecule has 7 nitrogen and oxygen atoms in total. The number of sulfonamides is 1. The first-order valence-corrected chi connectivity index (χ1v) is 14.8. The maximum atomic E-state index is 13.1. The lowest BCUT2D eigenvalue weighted by molar-refractivity contribution is 0.131. The molecule has 1 amide bonds. The molecule has 0 saturated heterocycles. The predicted octanol–water partition coefficient (Wildman–Crippen LogP) is 7.29. The van der Waals surface area contributed by atoms with Gasteiger partial charge in [0, 0.05) is 30.2 Å². The molecule has 0 aromatic heterocycles. The third kappa shape index (κ3) is 7.01. The Balaban J connectivity index is 1.52. The Kier molecular flexibility index (Phi) is 9.11. The van der Waals surface area contributed by atoms with Crippen molar-refractivity contribution in [2.75, 3.05) is 28.0 Å². The molecular weight excluding hydrogens is 522 g/mol. The van der Waals surface area contributed by atoms with Crippen molar-refractivity contribution >= 4 is 33.2 Å². The number of hydrogen-bond donors (Lipinski definition) is 2. The van der Waals surface area contributed by atoms with Crippen molar-refractivity contribution < 1.29 is 17.9 Å². The number of hydrogen-bond acceptors (Lipinski definition) is 5. The SMILES string of the molecule is CCN(CC)c1ccc(NC(=O)OC(c2ccccc2)c2ccc(NS(=O)(=O)c3ccc(C)cc3)cc2)c(C)c1. The second-order valence-corrected chi connectivity index (χ2v) is 11.2. The van der Waals surface area contributed by atoms with Gasteiger partial charge in [-0.05, 0) is 86.8 Å².